The summed E-state index contributed by atoms with van der Waals surface area (Å²) in [6, 6.07) is 13.7. The first kappa shape index (κ1) is 25.4. The lowest BCUT2D eigenvalue weighted by Gasteiger charge is -2.21. The number of hydrogen-bond acceptors (Lipinski definition) is 5. The summed E-state index contributed by atoms with van der Waals surface area (Å²) >= 11 is 12.7. The van der Waals surface area contributed by atoms with Gasteiger partial charge >= 0.3 is 0 Å². The first-order valence-electron chi connectivity index (χ1n) is 9.32. The molecule has 0 aliphatic carbocycles. The van der Waals surface area contributed by atoms with E-state index in [4.69, 9.17) is 16.6 Å². The Balaban J connectivity index is 0.00000320. The van der Waals surface area contributed by atoms with Crippen molar-refractivity contribution in [2.24, 2.45) is 0 Å². The molecule has 2 aromatic carbocycles. The van der Waals surface area contributed by atoms with Crippen LogP contribution in [0.2, 0.25) is 5.02 Å². The molecular formula is C21H24BrCl2N3OS2. The number of nitrogens with zero attached hydrogens (tertiary/aromatic N) is 3. The molecule has 3 rings (SSSR count). The molecule has 1 amide bonds. The Labute approximate surface area is 205 Å². The molecule has 0 saturated heterocycles. The van der Waals surface area contributed by atoms with Gasteiger partial charge in [0.2, 0.25) is 5.91 Å². The van der Waals surface area contributed by atoms with E-state index in [1.807, 2.05) is 55.4 Å². The van der Waals surface area contributed by atoms with Gasteiger partial charge in [-0.05, 0) is 69.5 Å². The second kappa shape index (κ2) is 12.3. The number of fused-ring (bicyclic) bond motifs is 1. The van der Waals surface area contributed by atoms with Gasteiger partial charge in [-0.15, -0.1) is 24.2 Å². The van der Waals surface area contributed by atoms with Gasteiger partial charge in [0.05, 0.1) is 10.2 Å². The summed E-state index contributed by atoms with van der Waals surface area (Å²) in [7, 11) is 4.09. The van der Waals surface area contributed by atoms with E-state index in [2.05, 4.69) is 26.9 Å². The normalized spacial score (nSPS) is 11.0. The van der Waals surface area contributed by atoms with E-state index < -0.39 is 0 Å². The van der Waals surface area contributed by atoms with E-state index in [0.29, 0.717) is 13.0 Å². The lowest BCUT2D eigenvalue weighted by molar-refractivity contribution is -0.118. The highest BCUT2D eigenvalue weighted by atomic mass is 79.9. The van der Waals surface area contributed by atoms with Crippen LogP contribution in [0.4, 0.5) is 5.13 Å². The number of benzene rings is 2. The van der Waals surface area contributed by atoms with Crippen molar-refractivity contribution in [3.05, 3.63) is 52.0 Å². The molecule has 4 nitrogen and oxygen atoms in total. The van der Waals surface area contributed by atoms with Gasteiger partial charge in [-0.2, -0.15) is 0 Å². The summed E-state index contributed by atoms with van der Waals surface area (Å²) in [6.07, 6.45) is 1.37. The molecule has 3 aromatic rings. The third-order valence-corrected chi connectivity index (χ3v) is 7.06. The van der Waals surface area contributed by atoms with E-state index in [-0.39, 0.29) is 18.3 Å². The fraction of sp³-hybridized carbons (Fsp3) is 0.333. The monoisotopic (exact) mass is 547 g/mol. The van der Waals surface area contributed by atoms with Crippen LogP contribution in [0.5, 0.6) is 0 Å². The summed E-state index contributed by atoms with van der Waals surface area (Å²) in [5, 5.41) is 1.50. The molecule has 0 radical (unpaired) electrons. The van der Waals surface area contributed by atoms with Crippen molar-refractivity contribution >= 4 is 84.3 Å². The zero-order chi connectivity index (χ0) is 20.8. The number of anilines is 1. The second-order valence-corrected chi connectivity index (χ2v) is 10.4. The Kier molecular flexibility index (Phi) is 10.4. The number of carbonyl (C=O) groups is 1. The van der Waals surface area contributed by atoms with Crippen LogP contribution in [0, 0.1) is 0 Å². The molecule has 1 heterocycles. The summed E-state index contributed by atoms with van der Waals surface area (Å²) < 4.78 is 2.10. The predicted molar refractivity (Wildman–Crippen MR) is 137 cm³/mol. The Morgan fingerprint density at radius 3 is 2.60 bits per heavy atom. The van der Waals surface area contributed by atoms with Gasteiger partial charge in [-0.3, -0.25) is 9.69 Å². The van der Waals surface area contributed by atoms with Crippen molar-refractivity contribution in [3.63, 3.8) is 0 Å². The van der Waals surface area contributed by atoms with E-state index in [1.54, 1.807) is 23.1 Å². The minimum absolute atomic E-state index is 0. The zero-order valence-corrected chi connectivity index (χ0v) is 21.6. The molecule has 30 heavy (non-hydrogen) atoms. The van der Waals surface area contributed by atoms with Crippen LogP contribution in [-0.4, -0.2) is 48.7 Å². The molecule has 0 saturated carbocycles. The average molecular weight is 549 g/mol. The summed E-state index contributed by atoms with van der Waals surface area (Å²) in [4.78, 5) is 22.9. The molecule has 0 bridgehead atoms. The average Bonchev–Trinajstić information content (AvgIpc) is 3.09. The number of amides is 1. The smallest absolute Gasteiger partial charge is 0.229 e. The van der Waals surface area contributed by atoms with Crippen molar-refractivity contribution in [3.8, 4) is 0 Å². The largest absolute Gasteiger partial charge is 0.309 e. The highest BCUT2D eigenvalue weighted by molar-refractivity contribution is 9.10. The number of thioether (sulfide) groups is 1. The van der Waals surface area contributed by atoms with Gasteiger partial charge < -0.3 is 4.90 Å². The maximum absolute atomic E-state index is 13.0. The number of hydrogen-bond donors (Lipinski definition) is 0. The minimum Gasteiger partial charge on any atom is -0.309 e. The minimum atomic E-state index is 0. The molecule has 1 aromatic heterocycles. The lowest BCUT2D eigenvalue weighted by Crippen LogP contribution is -2.33. The van der Waals surface area contributed by atoms with Crippen molar-refractivity contribution in [2.75, 3.05) is 37.8 Å². The summed E-state index contributed by atoms with van der Waals surface area (Å²) in [5.74, 6) is 0.838. The number of aromatic nitrogens is 1. The zero-order valence-electron chi connectivity index (χ0n) is 16.8. The summed E-state index contributed by atoms with van der Waals surface area (Å²) in [5.41, 5.74) is 0.925. The molecule has 162 valence electrons. The molecule has 0 N–H and O–H groups in total. The molecule has 0 atom stereocenters. The SMILES string of the molecule is CN(C)CCCN(C(=O)CCSc1ccc(Cl)cc1)c1nc2ccc(Br)cc2s1.Cl. The van der Waals surface area contributed by atoms with Crippen LogP contribution < -0.4 is 4.90 Å². The molecule has 9 heteroatoms. The van der Waals surface area contributed by atoms with E-state index in [9.17, 15) is 4.79 Å². The van der Waals surface area contributed by atoms with E-state index in [0.717, 1.165) is 48.5 Å². The first-order valence-corrected chi connectivity index (χ1v) is 12.3. The standard InChI is InChI=1S/C21H23BrClN3OS2.ClH/c1-25(2)11-3-12-26(21-24-18-9-4-15(22)14-19(18)29-21)20(27)10-13-28-17-7-5-16(23)6-8-17;/h4-9,14H,3,10-13H2,1-2H3;1H. The Morgan fingerprint density at radius 1 is 1.17 bits per heavy atom. The fourth-order valence-electron chi connectivity index (χ4n) is 2.80. The van der Waals surface area contributed by atoms with Gasteiger partial charge in [0, 0.05) is 33.1 Å². The number of rotatable bonds is 9. The number of carbonyl (C=O) groups excluding carboxylic acids is 1. The van der Waals surface area contributed by atoms with Crippen molar-refractivity contribution in [1.82, 2.24) is 9.88 Å². The highest BCUT2D eigenvalue weighted by Gasteiger charge is 2.19. The first-order chi connectivity index (χ1) is 13.9. The Morgan fingerprint density at radius 2 is 1.90 bits per heavy atom. The lowest BCUT2D eigenvalue weighted by atomic mass is 10.3. The van der Waals surface area contributed by atoms with Crippen LogP contribution in [0.15, 0.2) is 51.8 Å². The quantitative estimate of drug-likeness (QED) is 0.282. The van der Waals surface area contributed by atoms with E-state index >= 15 is 0 Å². The third-order valence-electron chi connectivity index (χ3n) is 4.26. The van der Waals surface area contributed by atoms with Gasteiger partial charge in [-0.1, -0.05) is 38.9 Å². The van der Waals surface area contributed by atoms with Crippen LogP contribution in [0.3, 0.4) is 0 Å². The van der Waals surface area contributed by atoms with Gasteiger partial charge in [-0.25, -0.2) is 4.98 Å². The molecule has 0 spiro atoms. The third kappa shape index (κ3) is 7.39. The van der Waals surface area contributed by atoms with Crippen LogP contribution in [-0.2, 0) is 4.79 Å². The maximum atomic E-state index is 13.0. The molecule has 0 fully saturated rings. The van der Waals surface area contributed by atoms with Crippen molar-refractivity contribution in [1.29, 1.82) is 0 Å². The van der Waals surface area contributed by atoms with Gasteiger partial charge in [0.15, 0.2) is 5.13 Å². The molecular weight excluding hydrogens is 525 g/mol. The van der Waals surface area contributed by atoms with Crippen molar-refractivity contribution < 1.29 is 4.79 Å². The molecule has 0 unspecified atom stereocenters. The van der Waals surface area contributed by atoms with Gasteiger partial charge in [0.1, 0.15) is 0 Å². The Bertz CT molecular complexity index is 967. The van der Waals surface area contributed by atoms with Crippen LogP contribution in [0.1, 0.15) is 12.8 Å². The maximum Gasteiger partial charge on any atom is 0.229 e. The van der Waals surface area contributed by atoms with Crippen molar-refractivity contribution in [2.45, 2.75) is 17.7 Å². The topological polar surface area (TPSA) is 36.4 Å². The number of thiazole rings is 1. The van der Waals surface area contributed by atoms with Crippen LogP contribution >= 0.6 is 63.0 Å². The predicted octanol–water partition coefficient (Wildman–Crippen LogP) is 6.60. The molecule has 0 aliphatic rings. The number of halogens is 3. The molecule has 0 aliphatic heterocycles. The summed E-state index contributed by atoms with van der Waals surface area (Å²) in [6.45, 7) is 1.60. The Hall–Kier alpha value is -0.830. The van der Waals surface area contributed by atoms with Crippen LogP contribution in [0.25, 0.3) is 10.2 Å². The van der Waals surface area contributed by atoms with Gasteiger partial charge in [0.25, 0.3) is 0 Å². The van der Waals surface area contributed by atoms with E-state index in [1.165, 1.54) is 0 Å². The second-order valence-electron chi connectivity index (χ2n) is 6.86. The fourth-order valence-corrected chi connectivity index (χ4v) is 5.32. The highest BCUT2D eigenvalue weighted by Crippen LogP contribution is 2.31.